The van der Waals surface area contributed by atoms with Crippen LogP contribution in [0.1, 0.15) is 17.7 Å². The summed E-state index contributed by atoms with van der Waals surface area (Å²) in [6.45, 7) is 2.54. The number of halogens is 1. The minimum Gasteiger partial charge on any atom is -0.393 e. The molecule has 3 rings (SSSR count). The SMILES string of the molecule is Cn1cnc(CN2CC[C@H](O)[C@H](Cc3ccc(F)cc3)C2)c1. The van der Waals surface area contributed by atoms with Crippen molar-refractivity contribution in [3.8, 4) is 0 Å². The van der Waals surface area contributed by atoms with Crippen LogP contribution in [0.4, 0.5) is 4.39 Å². The van der Waals surface area contributed by atoms with Gasteiger partial charge in [-0.3, -0.25) is 4.90 Å². The molecular formula is C17H22FN3O. The van der Waals surface area contributed by atoms with Crippen molar-refractivity contribution in [1.82, 2.24) is 14.5 Å². The van der Waals surface area contributed by atoms with Crippen LogP contribution in [0.25, 0.3) is 0 Å². The molecule has 1 N–H and O–H groups in total. The fourth-order valence-corrected chi connectivity index (χ4v) is 3.14. The molecule has 2 atom stereocenters. The van der Waals surface area contributed by atoms with E-state index in [1.165, 1.54) is 12.1 Å². The van der Waals surface area contributed by atoms with Gasteiger partial charge in [0.25, 0.3) is 0 Å². The third-order valence-corrected chi connectivity index (χ3v) is 4.33. The summed E-state index contributed by atoms with van der Waals surface area (Å²) in [6, 6.07) is 6.58. The van der Waals surface area contributed by atoms with Crippen molar-refractivity contribution < 1.29 is 9.50 Å². The fraction of sp³-hybridized carbons (Fsp3) is 0.471. The molecule has 0 saturated carbocycles. The van der Waals surface area contributed by atoms with Crippen molar-refractivity contribution in [2.45, 2.75) is 25.5 Å². The van der Waals surface area contributed by atoms with Gasteiger partial charge in [0.15, 0.2) is 0 Å². The van der Waals surface area contributed by atoms with Gasteiger partial charge in [-0.05, 0) is 30.5 Å². The van der Waals surface area contributed by atoms with Gasteiger partial charge in [0.1, 0.15) is 5.82 Å². The average Bonchev–Trinajstić information content (AvgIpc) is 2.90. The number of likely N-dealkylation sites (tertiary alicyclic amines) is 1. The van der Waals surface area contributed by atoms with E-state index in [-0.39, 0.29) is 17.8 Å². The summed E-state index contributed by atoms with van der Waals surface area (Å²) in [5.74, 6) is -0.0346. The molecule has 4 nitrogen and oxygen atoms in total. The van der Waals surface area contributed by atoms with Gasteiger partial charge >= 0.3 is 0 Å². The van der Waals surface area contributed by atoms with Gasteiger partial charge in [0, 0.05) is 38.8 Å². The van der Waals surface area contributed by atoms with Gasteiger partial charge in [-0.25, -0.2) is 9.37 Å². The first-order chi connectivity index (χ1) is 10.6. The second kappa shape index (κ2) is 6.58. The zero-order valence-corrected chi connectivity index (χ0v) is 12.8. The summed E-state index contributed by atoms with van der Waals surface area (Å²) in [7, 11) is 1.97. The predicted octanol–water partition coefficient (Wildman–Crippen LogP) is 1.98. The molecule has 1 aromatic carbocycles. The lowest BCUT2D eigenvalue weighted by atomic mass is 9.88. The maximum atomic E-state index is 13.0. The number of aliphatic hydroxyl groups is 1. The van der Waals surface area contributed by atoms with Crippen molar-refractivity contribution >= 4 is 0 Å². The molecular weight excluding hydrogens is 281 g/mol. The highest BCUT2D eigenvalue weighted by atomic mass is 19.1. The van der Waals surface area contributed by atoms with E-state index >= 15 is 0 Å². The number of rotatable bonds is 4. The zero-order chi connectivity index (χ0) is 15.5. The van der Waals surface area contributed by atoms with Crippen LogP contribution in [-0.4, -0.2) is 38.8 Å². The molecule has 0 spiro atoms. The number of aliphatic hydroxyl groups excluding tert-OH is 1. The van der Waals surface area contributed by atoms with Crippen molar-refractivity contribution in [2.24, 2.45) is 13.0 Å². The van der Waals surface area contributed by atoms with Crippen molar-refractivity contribution in [3.63, 3.8) is 0 Å². The van der Waals surface area contributed by atoms with Gasteiger partial charge in [0.2, 0.25) is 0 Å². The number of imidazole rings is 1. The summed E-state index contributed by atoms with van der Waals surface area (Å²) in [5.41, 5.74) is 2.13. The van der Waals surface area contributed by atoms with Crippen LogP contribution in [0, 0.1) is 11.7 Å². The van der Waals surface area contributed by atoms with Crippen LogP contribution in [-0.2, 0) is 20.0 Å². The number of hydrogen-bond donors (Lipinski definition) is 1. The normalized spacial score (nSPS) is 22.9. The van der Waals surface area contributed by atoms with Crippen LogP contribution in [0.15, 0.2) is 36.8 Å². The Morgan fingerprint density at radius 1 is 1.32 bits per heavy atom. The Bertz CT molecular complexity index is 611. The largest absolute Gasteiger partial charge is 0.393 e. The van der Waals surface area contributed by atoms with Crippen LogP contribution in [0.3, 0.4) is 0 Å². The number of benzene rings is 1. The highest BCUT2D eigenvalue weighted by molar-refractivity contribution is 5.17. The Hall–Kier alpha value is -1.72. The number of nitrogens with zero attached hydrogens (tertiary/aromatic N) is 3. The molecule has 2 aromatic rings. The van der Waals surface area contributed by atoms with E-state index < -0.39 is 0 Å². The Kier molecular flexibility index (Phi) is 4.55. The molecule has 0 radical (unpaired) electrons. The van der Waals surface area contributed by atoms with Crippen molar-refractivity contribution in [3.05, 3.63) is 53.9 Å². The minimum atomic E-state index is -0.287. The first kappa shape index (κ1) is 15.2. The van der Waals surface area contributed by atoms with Crippen LogP contribution < -0.4 is 0 Å². The second-order valence-electron chi connectivity index (χ2n) is 6.21. The van der Waals surface area contributed by atoms with E-state index in [9.17, 15) is 9.50 Å². The van der Waals surface area contributed by atoms with Gasteiger partial charge in [-0.2, -0.15) is 0 Å². The van der Waals surface area contributed by atoms with E-state index in [0.29, 0.717) is 0 Å². The Balaban J connectivity index is 1.61. The second-order valence-corrected chi connectivity index (χ2v) is 6.21. The summed E-state index contributed by atoms with van der Waals surface area (Å²) in [5, 5.41) is 10.3. The molecule has 2 heterocycles. The maximum Gasteiger partial charge on any atom is 0.123 e. The van der Waals surface area contributed by atoms with Crippen LogP contribution in [0.2, 0.25) is 0 Å². The number of piperidine rings is 1. The molecule has 1 saturated heterocycles. The molecule has 1 aliphatic heterocycles. The molecule has 0 amide bonds. The van der Waals surface area contributed by atoms with Gasteiger partial charge in [-0.15, -0.1) is 0 Å². The Morgan fingerprint density at radius 2 is 2.09 bits per heavy atom. The standard InChI is InChI=1S/C17H22FN3O/c1-20-10-16(19-12-20)11-21-7-6-17(22)14(9-21)8-13-2-4-15(18)5-3-13/h2-5,10,12,14,17,22H,6-9,11H2,1H3/t14-,17+/m1/s1. The molecule has 5 heteroatoms. The molecule has 1 aliphatic rings. The van der Waals surface area contributed by atoms with Crippen molar-refractivity contribution in [1.29, 1.82) is 0 Å². The summed E-state index contributed by atoms with van der Waals surface area (Å²) >= 11 is 0. The molecule has 0 unspecified atom stereocenters. The minimum absolute atomic E-state index is 0.183. The average molecular weight is 303 g/mol. The van der Waals surface area contributed by atoms with E-state index in [2.05, 4.69) is 9.88 Å². The fourth-order valence-electron chi connectivity index (χ4n) is 3.14. The lowest BCUT2D eigenvalue weighted by Gasteiger charge is -2.36. The molecule has 0 aliphatic carbocycles. The van der Waals surface area contributed by atoms with Crippen molar-refractivity contribution in [2.75, 3.05) is 13.1 Å². The van der Waals surface area contributed by atoms with E-state index in [4.69, 9.17) is 0 Å². The lowest BCUT2D eigenvalue weighted by Crippen LogP contribution is -2.43. The highest BCUT2D eigenvalue weighted by Crippen LogP contribution is 2.22. The monoisotopic (exact) mass is 303 g/mol. The molecule has 1 aromatic heterocycles. The van der Waals surface area contributed by atoms with Gasteiger partial charge < -0.3 is 9.67 Å². The maximum absolute atomic E-state index is 13.0. The molecule has 118 valence electrons. The number of hydrogen-bond acceptors (Lipinski definition) is 3. The number of aromatic nitrogens is 2. The van der Waals surface area contributed by atoms with E-state index in [1.54, 1.807) is 12.1 Å². The third kappa shape index (κ3) is 3.72. The van der Waals surface area contributed by atoms with Crippen LogP contribution in [0.5, 0.6) is 0 Å². The smallest absolute Gasteiger partial charge is 0.123 e. The van der Waals surface area contributed by atoms with Gasteiger partial charge in [0.05, 0.1) is 18.1 Å². The quantitative estimate of drug-likeness (QED) is 0.939. The molecule has 22 heavy (non-hydrogen) atoms. The van der Waals surface area contributed by atoms with Gasteiger partial charge in [-0.1, -0.05) is 12.1 Å². The summed E-state index contributed by atoms with van der Waals surface area (Å²) in [4.78, 5) is 6.70. The highest BCUT2D eigenvalue weighted by Gasteiger charge is 2.28. The summed E-state index contributed by atoms with van der Waals surface area (Å²) < 4.78 is 14.9. The molecule has 1 fully saturated rings. The third-order valence-electron chi connectivity index (χ3n) is 4.33. The van der Waals surface area contributed by atoms with E-state index in [0.717, 1.165) is 43.7 Å². The number of aryl methyl sites for hydroxylation is 1. The Labute approximate surface area is 130 Å². The molecule has 0 bridgehead atoms. The van der Waals surface area contributed by atoms with Crippen LogP contribution >= 0.6 is 0 Å². The lowest BCUT2D eigenvalue weighted by molar-refractivity contribution is 0.0235. The zero-order valence-electron chi connectivity index (χ0n) is 12.8. The predicted molar refractivity (Wildman–Crippen MR) is 82.7 cm³/mol. The topological polar surface area (TPSA) is 41.3 Å². The Morgan fingerprint density at radius 3 is 2.77 bits per heavy atom. The van der Waals surface area contributed by atoms with E-state index in [1.807, 2.05) is 24.1 Å². The first-order valence-corrected chi connectivity index (χ1v) is 7.72. The first-order valence-electron chi connectivity index (χ1n) is 7.72. The summed E-state index contributed by atoms with van der Waals surface area (Å²) in [6.07, 6.45) is 5.10.